The number of pyridine rings is 1. The van der Waals surface area contributed by atoms with Crippen molar-refractivity contribution in [2.24, 2.45) is 0 Å². The van der Waals surface area contributed by atoms with E-state index in [9.17, 15) is 4.21 Å². The fourth-order valence-corrected chi connectivity index (χ4v) is 2.66. The van der Waals surface area contributed by atoms with Crippen LogP contribution in [0.1, 0.15) is 25.6 Å². The van der Waals surface area contributed by atoms with Gasteiger partial charge in [0.05, 0.1) is 39.0 Å². The number of hydrogen-bond donors (Lipinski definition) is 1. The molecular weight excluding hydrogens is 248 g/mol. The summed E-state index contributed by atoms with van der Waals surface area (Å²) in [4.78, 5) is 4.50. The average Bonchev–Trinajstić information content (AvgIpc) is 2.78. The normalized spacial score (nSPS) is 12.8. The van der Waals surface area contributed by atoms with Gasteiger partial charge in [0.25, 0.3) is 0 Å². The predicted octanol–water partition coefficient (Wildman–Crippen LogP) is 1.75. The van der Waals surface area contributed by atoms with E-state index in [1.807, 2.05) is 16.9 Å². The summed E-state index contributed by atoms with van der Waals surface area (Å²) in [5, 5.41) is 4.37. The van der Waals surface area contributed by atoms with E-state index in [-0.39, 0.29) is 0 Å². The van der Waals surface area contributed by atoms with Crippen LogP contribution in [0.3, 0.4) is 0 Å². The van der Waals surface area contributed by atoms with Gasteiger partial charge in [-0.3, -0.25) is 13.9 Å². The molecule has 0 spiro atoms. The summed E-state index contributed by atoms with van der Waals surface area (Å²) in [5.41, 5.74) is 7.01. The maximum atomic E-state index is 12.2. The van der Waals surface area contributed by atoms with E-state index in [0.717, 1.165) is 5.69 Å². The second-order valence-electron chi connectivity index (χ2n) is 4.28. The van der Waals surface area contributed by atoms with Gasteiger partial charge in [0.15, 0.2) is 0 Å². The monoisotopic (exact) mass is 264 g/mol. The van der Waals surface area contributed by atoms with Crippen molar-refractivity contribution < 1.29 is 4.21 Å². The Hall–Kier alpha value is -1.69. The minimum atomic E-state index is -1.19. The van der Waals surface area contributed by atoms with E-state index in [0.29, 0.717) is 22.4 Å². The third-order valence-corrected chi connectivity index (χ3v) is 3.95. The molecule has 96 valence electrons. The minimum absolute atomic E-state index is 0.304. The highest BCUT2D eigenvalue weighted by atomic mass is 32.2. The van der Waals surface area contributed by atoms with Crippen molar-refractivity contribution in [1.29, 1.82) is 0 Å². The minimum Gasteiger partial charge on any atom is -0.396 e. The van der Waals surface area contributed by atoms with E-state index >= 15 is 0 Å². The first-order valence-corrected chi connectivity index (χ1v) is 7.01. The van der Waals surface area contributed by atoms with Gasteiger partial charge in [-0.1, -0.05) is 0 Å². The SMILES string of the molecule is CC(C)n1ccc(CS(=O)c2ccncc2N)n1. The summed E-state index contributed by atoms with van der Waals surface area (Å²) in [6.45, 7) is 4.10. The van der Waals surface area contributed by atoms with Gasteiger partial charge in [0, 0.05) is 18.4 Å². The van der Waals surface area contributed by atoms with Crippen LogP contribution in [0.2, 0.25) is 0 Å². The van der Waals surface area contributed by atoms with E-state index in [4.69, 9.17) is 5.73 Å². The van der Waals surface area contributed by atoms with Gasteiger partial charge in [-0.25, -0.2) is 0 Å². The van der Waals surface area contributed by atoms with Crippen LogP contribution in [0.15, 0.2) is 35.6 Å². The number of anilines is 1. The quantitative estimate of drug-likeness (QED) is 0.913. The average molecular weight is 264 g/mol. The van der Waals surface area contributed by atoms with Gasteiger partial charge in [0.1, 0.15) is 0 Å². The number of nitrogen functional groups attached to an aromatic ring is 1. The molecule has 0 fully saturated rings. The molecule has 0 bridgehead atoms. The lowest BCUT2D eigenvalue weighted by Gasteiger charge is -2.05. The Morgan fingerprint density at radius 2 is 2.22 bits per heavy atom. The maximum absolute atomic E-state index is 12.2. The molecule has 0 amide bonds. The molecule has 1 atom stereocenters. The molecule has 2 aromatic rings. The smallest absolute Gasteiger partial charge is 0.0753 e. The first-order valence-electron chi connectivity index (χ1n) is 5.70. The van der Waals surface area contributed by atoms with Crippen molar-refractivity contribution >= 4 is 16.5 Å². The fraction of sp³-hybridized carbons (Fsp3) is 0.333. The molecule has 2 rings (SSSR count). The summed E-state index contributed by atoms with van der Waals surface area (Å²) in [6.07, 6.45) is 5.00. The Morgan fingerprint density at radius 3 is 2.83 bits per heavy atom. The zero-order valence-corrected chi connectivity index (χ0v) is 11.2. The van der Waals surface area contributed by atoms with Crippen molar-refractivity contribution in [3.05, 3.63) is 36.4 Å². The van der Waals surface area contributed by atoms with Gasteiger partial charge in [0.2, 0.25) is 0 Å². The molecule has 0 aliphatic carbocycles. The van der Waals surface area contributed by atoms with E-state index < -0.39 is 10.8 Å². The molecule has 6 heteroatoms. The summed E-state index contributed by atoms with van der Waals surface area (Å²) in [7, 11) is -1.19. The second-order valence-corrected chi connectivity index (χ2v) is 5.70. The molecule has 2 aromatic heterocycles. The predicted molar refractivity (Wildman–Crippen MR) is 71.4 cm³/mol. The van der Waals surface area contributed by atoms with Gasteiger partial charge < -0.3 is 5.73 Å². The highest BCUT2D eigenvalue weighted by Crippen LogP contribution is 2.17. The van der Waals surface area contributed by atoms with Gasteiger partial charge in [-0.05, 0) is 26.0 Å². The number of rotatable bonds is 4. The number of hydrogen-bond acceptors (Lipinski definition) is 4. The lowest BCUT2D eigenvalue weighted by Crippen LogP contribution is -2.04. The van der Waals surface area contributed by atoms with E-state index in [1.165, 1.54) is 6.20 Å². The molecule has 2 heterocycles. The van der Waals surface area contributed by atoms with Crippen LogP contribution in [0, 0.1) is 0 Å². The first kappa shape index (κ1) is 12.8. The van der Waals surface area contributed by atoms with Gasteiger partial charge >= 0.3 is 0 Å². The van der Waals surface area contributed by atoms with Crippen LogP contribution in [0.5, 0.6) is 0 Å². The highest BCUT2D eigenvalue weighted by molar-refractivity contribution is 7.84. The standard InChI is InChI=1S/C12H16N4OS/c1-9(2)16-6-4-10(15-16)8-18(17)12-3-5-14-7-11(12)13/h3-7,9H,8,13H2,1-2H3. The van der Waals surface area contributed by atoms with Gasteiger partial charge in [-0.2, -0.15) is 5.10 Å². The molecule has 0 saturated heterocycles. The summed E-state index contributed by atoms with van der Waals surface area (Å²) < 4.78 is 14.0. The van der Waals surface area contributed by atoms with Crippen molar-refractivity contribution in [2.75, 3.05) is 5.73 Å². The van der Waals surface area contributed by atoms with E-state index in [1.54, 1.807) is 12.3 Å². The van der Waals surface area contributed by atoms with Crippen molar-refractivity contribution in [1.82, 2.24) is 14.8 Å². The molecule has 0 radical (unpaired) electrons. The summed E-state index contributed by atoms with van der Waals surface area (Å²) in [6, 6.07) is 3.87. The van der Waals surface area contributed by atoms with Crippen molar-refractivity contribution in [3.63, 3.8) is 0 Å². The van der Waals surface area contributed by atoms with E-state index in [2.05, 4.69) is 23.9 Å². The Morgan fingerprint density at radius 1 is 1.44 bits per heavy atom. The summed E-state index contributed by atoms with van der Waals surface area (Å²) in [5.74, 6) is 0.369. The highest BCUT2D eigenvalue weighted by Gasteiger charge is 2.11. The largest absolute Gasteiger partial charge is 0.396 e. The third kappa shape index (κ3) is 2.76. The van der Waals surface area contributed by atoms with Crippen LogP contribution in [0.25, 0.3) is 0 Å². The van der Waals surface area contributed by atoms with Gasteiger partial charge in [-0.15, -0.1) is 0 Å². The molecule has 2 N–H and O–H groups in total. The fourth-order valence-electron chi connectivity index (χ4n) is 1.56. The third-order valence-electron chi connectivity index (χ3n) is 2.53. The lowest BCUT2D eigenvalue weighted by atomic mass is 10.4. The topological polar surface area (TPSA) is 73.8 Å². The lowest BCUT2D eigenvalue weighted by molar-refractivity contribution is 0.528. The number of nitrogens with zero attached hydrogens (tertiary/aromatic N) is 3. The Balaban J connectivity index is 2.14. The molecule has 0 aliphatic heterocycles. The first-order chi connectivity index (χ1) is 8.58. The molecular formula is C12H16N4OS. The van der Waals surface area contributed by atoms with Crippen LogP contribution >= 0.6 is 0 Å². The van der Waals surface area contributed by atoms with Crippen LogP contribution in [0.4, 0.5) is 5.69 Å². The van der Waals surface area contributed by atoms with Crippen molar-refractivity contribution in [2.45, 2.75) is 30.5 Å². The molecule has 0 saturated carbocycles. The van der Waals surface area contributed by atoms with Crippen LogP contribution < -0.4 is 5.73 Å². The zero-order valence-electron chi connectivity index (χ0n) is 10.4. The number of nitrogens with two attached hydrogens (primary N) is 1. The number of aromatic nitrogens is 3. The second kappa shape index (κ2) is 5.30. The molecule has 0 aliphatic rings. The Labute approximate surface area is 108 Å². The Kier molecular flexibility index (Phi) is 3.76. The van der Waals surface area contributed by atoms with Crippen molar-refractivity contribution in [3.8, 4) is 0 Å². The zero-order chi connectivity index (χ0) is 13.1. The summed E-state index contributed by atoms with van der Waals surface area (Å²) >= 11 is 0. The molecule has 0 aromatic carbocycles. The maximum Gasteiger partial charge on any atom is 0.0753 e. The molecule has 1 unspecified atom stereocenters. The molecule has 18 heavy (non-hydrogen) atoms. The van der Waals surface area contributed by atoms with Crippen LogP contribution in [-0.4, -0.2) is 19.0 Å². The molecule has 5 nitrogen and oxygen atoms in total. The Bertz CT molecular complexity index is 565. The van der Waals surface area contributed by atoms with Crippen LogP contribution in [-0.2, 0) is 16.6 Å².